The van der Waals surface area contributed by atoms with E-state index in [0.717, 1.165) is 33.9 Å². The Morgan fingerprint density at radius 2 is 1.73 bits per heavy atom. The van der Waals surface area contributed by atoms with Crippen LogP contribution in [0.1, 0.15) is 27.0 Å². The summed E-state index contributed by atoms with van der Waals surface area (Å²) in [7, 11) is -3.58. The van der Waals surface area contributed by atoms with Crippen LogP contribution in [0.15, 0.2) is 71.9 Å². The fraction of sp³-hybridized carbons (Fsp3) is 0.130. The lowest BCUT2D eigenvalue weighted by atomic mass is 10.2. The number of benzene rings is 2. The molecule has 1 aliphatic heterocycles. The summed E-state index contributed by atoms with van der Waals surface area (Å²) in [6.45, 7) is 2.52. The molecule has 0 saturated heterocycles. The molecule has 0 spiro atoms. The topological polar surface area (TPSA) is 72.3 Å². The number of carbonyl (C=O) groups excluding carboxylic acids is 1. The van der Waals surface area contributed by atoms with Gasteiger partial charge < -0.3 is 4.57 Å². The number of sulfonamides is 1. The quantitative estimate of drug-likeness (QED) is 0.473. The van der Waals surface area contributed by atoms with Crippen LogP contribution in [0.3, 0.4) is 0 Å². The zero-order valence-electron chi connectivity index (χ0n) is 16.3. The van der Waals surface area contributed by atoms with Gasteiger partial charge in [0.05, 0.1) is 10.4 Å². The smallest absolute Gasteiger partial charge is 0.243 e. The van der Waals surface area contributed by atoms with E-state index in [0.29, 0.717) is 29.4 Å². The molecule has 150 valence electrons. The Hall–Kier alpha value is -3.29. The molecule has 1 aliphatic rings. The van der Waals surface area contributed by atoms with Gasteiger partial charge in [0.15, 0.2) is 6.29 Å². The first-order valence-electron chi connectivity index (χ1n) is 9.57. The van der Waals surface area contributed by atoms with Crippen molar-refractivity contribution in [3.05, 3.63) is 89.2 Å². The van der Waals surface area contributed by atoms with Crippen LogP contribution in [0.2, 0.25) is 0 Å². The monoisotopic (exact) mass is 417 g/mol. The lowest BCUT2D eigenvalue weighted by molar-refractivity contribution is 0.112. The first kappa shape index (κ1) is 18.7. The summed E-state index contributed by atoms with van der Waals surface area (Å²) in [6.07, 6.45) is 4.33. The molecule has 3 heterocycles. The third kappa shape index (κ3) is 2.94. The maximum atomic E-state index is 13.0. The summed E-state index contributed by atoms with van der Waals surface area (Å²) >= 11 is 0. The van der Waals surface area contributed by atoms with Crippen molar-refractivity contribution in [3.8, 4) is 5.82 Å². The molecular weight excluding hydrogens is 398 g/mol. The van der Waals surface area contributed by atoms with Gasteiger partial charge in [-0.1, -0.05) is 35.9 Å². The van der Waals surface area contributed by atoms with Gasteiger partial charge in [0.25, 0.3) is 0 Å². The molecule has 2 aromatic heterocycles. The molecule has 30 heavy (non-hydrogen) atoms. The summed E-state index contributed by atoms with van der Waals surface area (Å²) in [5.41, 5.74) is 4.30. The summed E-state index contributed by atoms with van der Waals surface area (Å²) in [5.74, 6) is 0.660. The zero-order chi connectivity index (χ0) is 20.9. The normalized spacial score (nSPS) is 14.2. The Kier molecular flexibility index (Phi) is 4.30. The number of pyridine rings is 1. The number of rotatable bonds is 4. The van der Waals surface area contributed by atoms with Crippen molar-refractivity contribution >= 4 is 27.2 Å². The maximum absolute atomic E-state index is 13.0. The van der Waals surface area contributed by atoms with Gasteiger partial charge >= 0.3 is 0 Å². The van der Waals surface area contributed by atoms with E-state index in [2.05, 4.69) is 4.98 Å². The van der Waals surface area contributed by atoms with Crippen LogP contribution < -0.4 is 0 Å². The molecule has 7 heteroatoms. The molecule has 0 atom stereocenters. The van der Waals surface area contributed by atoms with E-state index in [4.69, 9.17) is 0 Å². The number of hydrogen-bond acceptors (Lipinski definition) is 4. The molecule has 0 N–H and O–H groups in total. The highest BCUT2D eigenvalue weighted by Crippen LogP contribution is 2.30. The van der Waals surface area contributed by atoms with Gasteiger partial charge in [0.2, 0.25) is 10.0 Å². The molecule has 0 aliphatic carbocycles. The van der Waals surface area contributed by atoms with Crippen molar-refractivity contribution in [1.82, 2.24) is 13.9 Å². The first-order chi connectivity index (χ1) is 14.5. The highest BCUT2D eigenvalue weighted by molar-refractivity contribution is 7.89. The highest BCUT2D eigenvalue weighted by Gasteiger charge is 2.31. The molecule has 0 amide bonds. The van der Waals surface area contributed by atoms with Gasteiger partial charge in [-0.25, -0.2) is 13.4 Å². The number of hydrogen-bond donors (Lipinski definition) is 0. The molecule has 0 saturated carbocycles. The molecule has 4 aromatic rings. The second kappa shape index (κ2) is 6.90. The molecule has 0 fully saturated rings. The number of aromatic nitrogens is 2. The lowest BCUT2D eigenvalue weighted by Gasteiger charge is -2.15. The zero-order valence-corrected chi connectivity index (χ0v) is 17.1. The van der Waals surface area contributed by atoms with Crippen molar-refractivity contribution < 1.29 is 13.2 Å². The van der Waals surface area contributed by atoms with Crippen LogP contribution in [0.4, 0.5) is 0 Å². The Morgan fingerprint density at radius 3 is 2.50 bits per heavy atom. The van der Waals surface area contributed by atoms with Crippen molar-refractivity contribution in [1.29, 1.82) is 0 Å². The number of para-hydroxylation sites is 1. The van der Waals surface area contributed by atoms with Crippen molar-refractivity contribution in [3.63, 3.8) is 0 Å². The van der Waals surface area contributed by atoms with Crippen LogP contribution in [0.5, 0.6) is 0 Å². The molecule has 5 rings (SSSR count). The Labute approximate surface area is 174 Å². The highest BCUT2D eigenvalue weighted by atomic mass is 32.2. The van der Waals surface area contributed by atoms with E-state index < -0.39 is 10.0 Å². The molecule has 2 aromatic carbocycles. The van der Waals surface area contributed by atoms with Crippen molar-refractivity contribution in [2.45, 2.75) is 24.9 Å². The summed E-state index contributed by atoms with van der Waals surface area (Å²) in [4.78, 5) is 16.3. The average Bonchev–Trinajstić information content (AvgIpc) is 3.35. The third-order valence-corrected chi connectivity index (χ3v) is 7.34. The molecular formula is C23H19N3O3S. The fourth-order valence-corrected chi connectivity index (χ4v) is 5.28. The summed E-state index contributed by atoms with van der Waals surface area (Å²) in [6, 6.07) is 16.4. The minimum Gasteiger partial charge on any atom is -0.300 e. The standard InChI is InChI=1S/C23H19N3O3S/c1-16-6-8-20(9-7-16)30(28,29)25-12-17-10-23(24-11-18(17)13-25)26-14-19(15-27)21-4-2-3-5-22(21)26/h2-11,14-15H,12-13H2,1H3. The molecule has 0 radical (unpaired) electrons. The lowest BCUT2D eigenvalue weighted by Crippen LogP contribution is -2.25. The third-order valence-electron chi connectivity index (χ3n) is 5.54. The SMILES string of the molecule is Cc1ccc(S(=O)(=O)N2Cc3cnc(-n4cc(C=O)c5ccccc54)cc3C2)cc1. The largest absolute Gasteiger partial charge is 0.300 e. The number of fused-ring (bicyclic) bond motifs is 2. The second-order valence-corrected chi connectivity index (χ2v) is 9.42. The Balaban J connectivity index is 1.51. The fourth-order valence-electron chi connectivity index (χ4n) is 3.89. The van der Waals surface area contributed by atoms with E-state index in [1.165, 1.54) is 4.31 Å². The van der Waals surface area contributed by atoms with Crippen LogP contribution in [-0.2, 0) is 23.1 Å². The average molecular weight is 417 g/mol. The minimum absolute atomic E-state index is 0.292. The molecule has 6 nitrogen and oxygen atoms in total. The van der Waals surface area contributed by atoms with Crippen molar-refractivity contribution in [2.24, 2.45) is 0 Å². The van der Waals surface area contributed by atoms with E-state index >= 15 is 0 Å². The Morgan fingerprint density at radius 1 is 1.00 bits per heavy atom. The van der Waals surface area contributed by atoms with E-state index in [-0.39, 0.29) is 0 Å². The van der Waals surface area contributed by atoms with E-state index in [1.807, 2.05) is 41.8 Å². The van der Waals surface area contributed by atoms with E-state index in [9.17, 15) is 13.2 Å². The van der Waals surface area contributed by atoms with Crippen LogP contribution >= 0.6 is 0 Å². The van der Waals surface area contributed by atoms with E-state index in [1.54, 1.807) is 36.7 Å². The summed E-state index contributed by atoms with van der Waals surface area (Å²) < 4.78 is 29.4. The first-order valence-corrected chi connectivity index (χ1v) is 11.0. The molecule has 0 unspecified atom stereocenters. The number of aldehydes is 1. The van der Waals surface area contributed by atoms with Gasteiger partial charge in [-0.05, 0) is 42.3 Å². The van der Waals surface area contributed by atoms with Gasteiger partial charge in [0, 0.05) is 36.4 Å². The maximum Gasteiger partial charge on any atom is 0.243 e. The van der Waals surface area contributed by atoms with Gasteiger partial charge in [-0.2, -0.15) is 4.31 Å². The minimum atomic E-state index is -3.58. The van der Waals surface area contributed by atoms with Gasteiger partial charge in [-0.3, -0.25) is 4.79 Å². The molecule has 0 bridgehead atoms. The predicted octanol–water partition coefficient (Wildman–Crippen LogP) is 3.85. The summed E-state index contributed by atoms with van der Waals surface area (Å²) in [5, 5.41) is 0.860. The van der Waals surface area contributed by atoms with Crippen LogP contribution in [-0.4, -0.2) is 28.6 Å². The van der Waals surface area contributed by atoms with Crippen molar-refractivity contribution in [2.75, 3.05) is 0 Å². The van der Waals surface area contributed by atoms with Crippen LogP contribution in [0, 0.1) is 6.92 Å². The van der Waals surface area contributed by atoms with Gasteiger partial charge in [-0.15, -0.1) is 0 Å². The number of carbonyl (C=O) groups is 1. The second-order valence-electron chi connectivity index (χ2n) is 7.49. The number of nitrogens with zero attached hydrogens (tertiary/aromatic N) is 3. The number of aryl methyl sites for hydroxylation is 1. The van der Waals surface area contributed by atoms with Gasteiger partial charge in [0.1, 0.15) is 5.82 Å². The predicted molar refractivity (Wildman–Crippen MR) is 114 cm³/mol. The Bertz CT molecular complexity index is 1390. The van der Waals surface area contributed by atoms with Crippen LogP contribution in [0.25, 0.3) is 16.7 Å².